The summed E-state index contributed by atoms with van der Waals surface area (Å²) >= 11 is 6.18. The number of methoxy groups -OCH3 is 2. The van der Waals surface area contributed by atoms with Gasteiger partial charge in [0.15, 0.2) is 11.5 Å². The predicted molar refractivity (Wildman–Crippen MR) is 125 cm³/mol. The molecule has 0 spiro atoms. The van der Waals surface area contributed by atoms with Gasteiger partial charge in [0.05, 0.1) is 19.9 Å². The molecule has 0 radical (unpaired) electrons. The van der Waals surface area contributed by atoms with Crippen molar-refractivity contribution in [1.82, 2.24) is 0 Å². The summed E-state index contributed by atoms with van der Waals surface area (Å²) in [5, 5.41) is 5.46. The highest BCUT2D eigenvalue weighted by atomic mass is 35.5. The molecule has 7 nitrogen and oxygen atoms in total. The van der Waals surface area contributed by atoms with E-state index in [0.717, 1.165) is 12.1 Å². The Morgan fingerprint density at radius 3 is 2.41 bits per heavy atom. The van der Waals surface area contributed by atoms with E-state index in [2.05, 4.69) is 10.6 Å². The van der Waals surface area contributed by atoms with Crippen LogP contribution < -0.4 is 25.7 Å². The fraction of sp³-hybridized carbons (Fsp3) is 0.0833. The highest BCUT2D eigenvalue weighted by Crippen LogP contribution is 2.39. The lowest BCUT2D eigenvalue weighted by atomic mass is 9.99. The standard InChI is InChI=1S/C24H17ClF2N2O5/c1-32-19-7-3-12(9-20(19)33-2)21-15-10-13(25)4-8-18(15)34-23(30)22(21)29-24(31)28-17-6-5-14(26)11-16(17)27/h3-11H,1-2H3,(H2,28,29,31). The third-order valence-electron chi connectivity index (χ3n) is 4.96. The van der Waals surface area contributed by atoms with Gasteiger partial charge in [0.2, 0.25) is 0 Å². The van der Waals surface area contributed by atoms with Gasteiger partial charge in [-0.1, -0.05) is 17.7 Å². The monoisotopic (exact) mass is 486 g/mol. The molecule has 3 aromatic carbocycles. The smallest absolute Gasteiger partial charge is 0.360 e. The van der Waals surface area contributed by atoms with E-state index in [0.29, 0.717) is 39.1 Å². The molecule has 4 aromatic rings. The van der Waals surface area contributed by atoms with E-state index < -0.39 is 23.3 Å². The number of benzene rings is 3. The van der Waals surface area contributed by atoms with E-state index in [9.17, 15) is 18.4 Å². The van der Waals surface area contributed by atoms with Gasteiger partial charge in [-0.25, -0.2) is 18.4 Å². The predicted octanol–water partition coefficient (Wildman–Crippen LogP) is 6.05. The van der Waals surface area contributed by atoms with Crippen LogP contribution in [-0.2, 0) is 0 Å². The quantitative estimate of drug-likeness (QED) is 0.335. The Morgan fingerprint density at radius 1 is 0.941 bits per heavy atom. The van der Waals surface area contributed by atoms with Gasteiger partial charge in [-0.3, -0.25) is 0 Å². The van der Waals surface area contributed by atoms with E-state index in [1.54, 1.807) is 30.3 Å². The first-order valence-corrected chi connectivity index (χ1v) is 10.2. The molecule has 34 heavy (non-hydrogen) atoms. The number of fused-ring (bicyclic) bond motifs is 1. The van der Waals surface area contributed by atoms with Crippen LogP contribution in [0, 0.1) is 11.6 Å². The fourth-order valence-corrected chi connectivity index (χ4v) is 3.61. The second-order valence-corrected chi connectivity index (χ2v) is 7.49. The number of nitrogens with one attached hydrogen (secondary N) is 2. The minimum absolute atomic E-state index is 0.220. The summed E-state index contributed by atoms with van der Waals surface area (Å²) in [4.78, 5) is 25.5. The maximum Gasteiger partial charge on any atom is 0.360 e. The zero-order valence-corrected chi connectivity index (χ0v) is 18.6. The number of ether oxygens (including phenoxy) is 2. The Bertz CT molecular complexity index is 1470. The Hall–Kier alpha value is -4.11. The van der Waals surface area contributed by atoms with Crippen molar-refractivity contribution >= 4 is 40.0 Å². The van der Waals surface area contributed by atoms with Crippen molar-refractivity contribution in [3.05, 3.63) is 81.7 Å². The fourth-order valence-electron chi connectivity index (χ4n) is 3.44. The van der Waals surface area contributed by atoms with Crippen LogP contribution in [0.4, 0.5) is 25.0 Å². The van der Waals surface area contributed by atoms with Crippen molar-refractivity contribution in [2.24, 2.45) is 0 Å². The third kappa shape index (κ3) is 4.51. The molecular weight excluding hydrogens is 470 g/mol. The molecule has 2 N–H and O–H groups in total. The highest BCUT2D eigenvalue weighted by Gasteiger charge is 2.21. The van der Waals surface area contributed by atoms with Gasteiger partial charge in [-0.05, 0) is 48.0 Å². The van der Waals surface area contributed by atoms with Crippen LogP contribution in [0.25, 0.3) is 22.1 Å². The molecule has 0 saturated carbocycles. The third-order valence-corrected chi connectivity index (χ3v) is 5.19. The summed E-state index contributed by atoms with van der Waals surface area (Å²) in [6, 6.07) is 11.3. The second-order valence-electron chi connectivity index (χ2n) is 7.05. The molecular formula is C24H17ClF2N2O5. The van der Waals surface area contributed by atoms with Crippen molar-refractivity contribution in [1.29, 1.82) is 0 Å². The van der Waals surface area contributed by atoms with Crippen LogP contribution in [-0.4, -0.2) is 20.3 Å². The van der Waals surface area contributed by atoms with Crippen molar-refractivity contribution in [3.8, 4) is 22.6 Å². The lowest BCUT2D eigenvalue weighted by molar-refractivity contribution is 0.262. The van der Waals surface area contributed by atoms with Crippen molar-refractivity contribution in [3.63, 3.8) is 0 Å². The van der Waals surface area contributed by atoms with Crippen molar-refractivity contribution in [2.45, 2.75) is 0 Å². The normalized spacial score (nSPS) is 10.7. The lowest BCUT2D eigenvalue weighted by Crippen LogP contribution is -2.24. The van der Waals surface area contributed by atoms with Crippen molar-refractivity contribution in [2.75, 3.05) is 24.9 Å². The molecule has 0 bridgehead atoms. The zero-order valence-electron chi connectivity index (χ0n) is 17.9. The van der Waals surface area contributed by atoms with E-state index in [1.807, 2.05) is 0 Å². The number of carbonyl (C=O) groups excluding carboxylic acids is 1. The molecule has 4 rings (SSSR count). The molecule has 0 aliphatic heterocycles. The number of carbonyl (C=O) groups is 1. The van der Waals surface area contributed by atoms with Gasteiger partial charge in [0.25, 0.3) is 0 Å². The maximum atomic E-state index is 14.0. The number of anilines is 2. The SMILES string of the molecule is COc1ccc(-c2c(NC(=O)Nc3ccc(F)cc3F)c(=O)oc3ccc(Cl)cc23)cc1OC. The average Bonchev–Trinajstić information content (AvgIpc) is 2.81. The summed E-state index contributed by atoms with van der Waals surface area (Å²) in [6.07, 6.45) is 0. The number of rotatable bonds is 5. The van der Waals surface area contributed by atoms with E-state index >= 15 is 0 Å². The van der Waals surface area contributed by atoms with E-state index in [4.69, 9.17) is 25.5 Å². The van der Waals surface area contributed by atoms with Gasteiger partial charge in [-0.15, -0.1) is 0 Å². The van der Waals surface area contributed by atoms with Gasteiger partial charge < -0.3 is 24.5 Å². The van der Waals surface area contributed by atoms with E-state index in [-0.39, 0.29) is 17.0 Å². The minimum Gasteiger partial charge on any atom is -0.493 e. The molecule has 0 atom stereocenters. The summed E-state index contributed by atoms with van der Waals surface area (Å²) in [7, 11) is 2.94. The molecule has 10 heteroatoms. The summed E-state index contributed by atoms with van der Waals surface area (Å²) in [5.41, 5.74) is -0.337. The van der Waals surface area contributed by atoms with Gasteiger partial charge in [0.1, 0.15) is 22.9 Å². The summed E-state index contributed by atoms with van der Waals surface area (Å²) < 4.78 is 43.1. The zero-order chi connectivity index (χ0) is 24.4. The highest BCUT2D eigenvalue weighted by molar-refractivity contribution is 6.31. The number of halogens is 3. The largest absolute Gasteiger partial charge is 0.493 e. The first-order valence-electron chi connectivity index (χ1n) is 9.82. The van der Waals surface area contributed by atoms with Gasteiger partial charge in [0, 0.05) is 22.0 Å². The average molecular weight is 487 g/mol. The molecule has 0 saturated heterocycles. The maximum absolute atomic E-state index is 14.0. The van der Waals surface area contributed by atoms with Crippen molar-refractivity contribution < 1.29 is 27.5 Å². The molecule has 1 heterocycles. The van der Waals surface area contributed by atoms with Gasteiger partial charge in [-0.2, -0.15) is 0 Å². The number of urea groups is 1. The first-order chi connectivity index (χ1) is 16.3. The summed E-state index contributed by atoms with van der Waals surface area (Å²) in [5.74, 6) is -0.943. The Balaban J connectivity index is 1.85. The Morgan fingerprint density at radius 2 is 1.71 bits per heavy atom. The van der Waals surface area contributed by atoms with Crippen LogP contribution in [0.3, 0.4) is 0 Å². The van der Waals surface area contributed by atoms with Crippen LogP contribution in [0.15, 0.2) is 63.8 Å². The Labute approximate surface area is 196 Å². The molecule has 2 amide bonds. The van der Waals surface area contributed by atoms with Crippen LogP contribution >= 0.6 is 11.6 Å². The molecule has 0 unspecified atom stereocenters. The summed E-state index contributed by atoms with van der Waals surface area (Å²) in [6.45, 7) is 0. The van der Waals surface area contributed by atoms with Gasteiger partial charge >= 0.3 is 11.7 Å². The first kappa shape index (κ1) is 23.1. The molecule has 1 aromatic heterocycles. The Kier molecular flexibility index (Phi) is 6.38. The number of amides is 2. The number of hydrogen-bond donors (Lipinski definition) is 2. The minimum atomic E-state index is -0.979. The van der Waals surface area contributed by atoms with E-state index in [1.165, 1.54) is 20.3 Å². The van der Waals surface area contributed by atoms with Crippen LogP contribution in [0.5, 0.6) is 11.5 Å². The second kappa shape index (κ2) is 9.40. The number of hydrogen-bond acceptors (Lipinski definition) is 5. The molecule has 0 fully saturated rings. The lowest BCUT2D eigenvalue weighted by Gasteiger charge is -2.15. The molecule has 174 valence electrons. The van der Waals surface area contributed by atoms with Crippen LogP contribution in [0.2, 0.25) is 5.02 Å². The topological polar surface area (TPSA) is 89.8 Å². The molecule has 0 aliphatic rings. The molecule has 0 aliphatic carbocycles. The van der Waals surface area contributed by atoms with Crippen LogP contribution in [0.1, 0.15) is 0 Å².